The number of hydrogen-bond donors (Lipinski definition) is 1. The summed E-state index contributed by atoms with van der Waals surface area (Å²) in [4.78, 5) is 12.7. The zero-order valence-electron chi connectivity index (χ0n) is 12.3. The lowest BCUT2D eigenvalue weighted by molar-refractivity contribution is -0.131. The van der Waals surface area contributed by atoms with Crippen molar-refractivity contribution in [2.24, 2.45) is 17.8 Å². The number of Topliss-reactive ketones (excluding diaryl/α,β-unsaturated/α-hetero) is 1. The first-order valence-corrected chi connectivity index (χ1v) is 7.68. The minimum atomic E-state index is -0.324. The minimum absolute atomic E-state index is 0.179. The highest BCUT2D eigenvalue weighted by molar-refractivity contribution is 5.87. The molecule has 0 aromatic heterocycles. The van der Waals surface area contributed by atoms with Crippen molar-refractivity contribution in [3.63, 3.8) is 0 Å². The molecule has 1 heterocycles. The first kappa shape index (κ1) is 13.5. The van der Waals surface area contributed by atoms with Crippen LogP contribution >= 0.6 is 0 Å². The normalized spacial score (nSPS) is 32.7. The van der Waals surface area contributed by atoms with Crippen LogP contribution in [0, 0.1) is 17.8 Å². The lowest BCUT2D eigenvalue weighted by atomic mass is 9.73. The molecular formula is C17H23NO2. The maximum Gasteiger partial charge on any atom is 0.178 e. The summed E-state index contributed by atoms with van der Waals surface area (Å²) in [5.41, 5.74) is 0.988. The Kier molecular flexibility index (Phi) is 3.68. The first-order valence-electron chi connectivity index (χ1n) is 7.68. The van der Waals surface area contributed by atoms with Gasteiger partial charge in [-0.3, -0.25) is 4.79 Å². The van der Waals surface area contributed by atoms with E-state index in [0.717, 1.165) is 36.6 Å². The van der Waals surface area contributed by atoms with Crippen molar-refractivity contribution in [3.8, 4) is 5.75 Å². The van der Waals surface area contributed by atoms with Crippen LogP contribution in [0.15, 0.2) is 24.3 Å². The molecule has 2 aliphatic rings. The highest BCUT2D eigenvalue weighted by atomic mass is 16.5. The highest BCUT2D eigenvalue weighted by Gasteiger charge is 2.35. The predicted octanol–water partition coefficient (Wildman–Crippen LogP) is 3.50. The van der Waals surface area contributed by atoms with Crippen LogP contribution in [0.3, 0.4) is 0 Å². The van der Waals surface area contributed by atoms with Crippen LogP contribution in [0.1, 0.15) is 33.1 Å². The summed E-state index contributed by atoms with van der Waals surface area (Å²) in [5, 5.41) is 3.31. The van der Waals surface area contributed by atoms with E-state index >= 15 is 0 Å². The van der Waals surface area contributed by atoms with E-state index in [4.69, 9.17) is 4.74 Å². The molecule has 108 valence electrons. The Hall–Kier alpha value is -1.51. The van der Waals surface area contributed by atoms with E-state index < -0.39 is 0 Å². The maximum atomic E-state index is 12.7. The number of rotatable bonds is 2. The van der Waals surface area contributed by atoms with Gasteiger partial charge in [0, 0.05) is 5.92 Å². The second-order valence-corrected chi connectivity index (χ2v) is 6.35. The Bertz CT molecular complexity index is 500. The van der Waals surface area contributed by atoms with E-state index in [1.54, 1.807) is 0 Å². The minimum Gasteiger partial charge on any atom is -0.479 e. The van der Waals surface area contributed by atoms with Crippen molar-refractivity contribution in [2.45, 2.75) is 39.2 Å². The molecule has 3 heteroatoms. The van der Waals surface area contributed by atoms with Crippen LogP contribution < -0.4 is 10.1 Å². The van der Waals surface area contributed by atoms with Gasteiger partial charge in [-0.15, -0.1) is 0 Å². The van der Waals surface area contributed by atoms with Crippen molar-refractivity contribution >= 4 is 11.5 Å². The van der Waals surface area contributed by atoms with Gasteiger partial charge in [-0.05, 0) is 43.2 Å². The van der Waals surface area contributed by atoms with Crippen molar-refractivity contribution < 1.29 is 9.53 Å². The fourth-order valence-electron chi connectivity index (χ4n) is 3.34. The van der Waals surface area contributed by atoms with Gasteiger partial charge in [0.25, 0.3) is 0 Å². The van der Waals surface area contributed by atoms with Crippen molar-refractivity contribution in [1.29, 1.82) is 0 Å². The van der Waals surface area contributed by atoms with Gasteiger partial charge >= 0.3 is 0 Å². The molecule has 1 aliphatic carbocycles. The standard InChI is InChI=1S/C17H23NO2/c1-11-7-8-13(9-12(11)2)17(19)16-10-18-14-5-3-4-6-15(14)20-16/h3-6,11-13,16,18H,7-10H2,1-2H3. The second kappa shape index (κ2) is 5.47. The molecule has 1 aliphatic heterocycles. The van der Waals surface area contributed by atoms with Crippen LogP contribution in [0.5, 0.6) is 5.75 Å². The number of fused-ring (bicyclic) bond motifs is 1. The van der Waals surface area contributed by atoms with Gasteiger partial charge in [0.05, 0.1) is 12.2 Å². The predicted molar refractivity (Wildman–Crippen MR) is 80.0 cm³/mol. The third-order valence-corrected chi connectivity index (χ3v) is 4.95. The van der Waals surface area contributed by atoms with Gasteiger partial charge in [-0.2, -0.15) is 0 Å². The topological polar surface area (TPSA) is 38.3 Å². The molecule has 3 nitrogen and oxygen atoms in total. The van der Waals surface area contributed by atoms with Crippen molar-refractivity contribution in [1.82, 2.24) is 0 Å². The maximum absolute atomic E-state index is 12.7. The summed E-state index contributed by atoms with van der Waals surface area (Å²) >= 11 is 0. The highest BCUT2D eigenvalue weighted by Crippen LogP contribution is 2.36. The summed E-state index contributed by atoms with van der Waals surface area (Å²) in [6, 6.07) is 7.83. The Morgan fingerprint density at radius 2 is 2.00 bits per heavy atom. The number of carbonyl (C=O) groups excluding carboxylic acids is 1. The summed E-state index contributed by atoms with van der Waals surface area (Å²) < 4.78 is 5.90. The molecule has 0 spiro atoms. The molecule has 0 amide bonds. The SMILES string of the molecule is CC1CCC(C(=O)C2CNc3ccccc3O2)CC1C. The monoisotopic (exact) mass is 273 g/mol. The summed E-state index contributed by atoms with van der Waals surface area (Å²) in [7, 11) is 0. The number of hydrogen-bond acceptors (Lipinski definition) is 3. The third kappa shape index (κ3) is 2.54. The van der Waals surface area contributed by atoms with E-state index in [1.165, 1.54) is 0 Å². The molecule has 0 radical (unpaired) electrons. The molecule has 20 heavy (non-hydrogen) atoms. The molecule has 1 fully saturated rings. The number of para-hydroxylation sites is 2. The van der Waals surface area contributed by atoms with Crippen LogP contribution in [-0.4, -0.2) is 18.4 Å². The molecule has 1 N–H and O–H groups in total. The van der Waals surface area contributed by atoms with E-state index in [0.29, 0.717) is 12.5 Å². The average Bonchev–Trinajstić information content (AvgIpc) is 2.49. The van der Waals surface area contributed by atoms with Gasteiger partial charge in [0.15, 0.2) is 11.9 Å². The van der Waals surface area contributed by atoms with Crippen LogP contribution in [0.2, 0.25) is 0 Å². The molecule has 0 saturated heterocycles. The molecule has 1 aromatic rings. The van der Waals surface area contributed by atoms with Gasteiger partial charge in [-0.1, -0.05) is 26.0 Å². The zero-order valence-corrected chi connectivity index (χ0v) is 12.3. The van der Waals surface area contributed by atoms with E-state index in [1.807, 2.05) is 24.3 Å². The lowest BCUT2D eigenvalue weighted by Crippen LogP contribution is -2.42. The molecule has 4 atom stereocenters. The largest absolute Gasteiger partial charge is 0.479 e. The van der Waals surface area contributed by atoms with Crippen molar-refractivity contribution in [2.75, 3.05) is 11.9 Å². The molecule has 4 unspecified atom stereocenters. The molecule has 1 saturated carbocycles. The van der Waals surface area contributed by atoms with E-state index in [9.17, 15) is 4.79 Å². The van der Waals surface area contributed by atoms with E-state index in [2.05, 4.69) is 19.2 Å². The molecule has 1 aromatic carbocycles. The Labute approximate surface area is 120 Å². The molecule has 3 rings (SSSR count). The number of ether oxygens (including phenoxy) is 1. The molecule has 0 bridgehead atoms. The number of anilines is 1. The fourth-order valence-corrected chi connectivity index (χ4v) is 3.34. The number of carbonyl (C=O) groups is 1. The smallest absolute Gasteiger partial charge is 0.178 e. The molecular weight excluding hydrogens is 250 g/mol. The summed E-state index contributed by atoms with van der Waals surface area (Å²) in [6.45, 7) is 5.15. The van der Waals surface area contributed by atoms with Crippen molar-refractivity contribution in [3.05, 3.63) is 24.3 Å². The van der Waals surface area contributed by atoms with Crippen LogP contribution in [-0.2, 0) is 4.79 Å². The number of nitrogens with one attached hydrogen (secondary N) is 1. The average molecular weight is 273 g/mol. The van der Waals surface area contributed by atoms with Gasteiger partial charge in [-0.25, -0.2) is 0 Å². The second-order valence-electron chi connectivity index (χ2n) is 6.35. The third-order valence-electron chi connectivity index (χ3n) is 4.95. The Morgan fingerprint density at radius 3 is 2.80 bits per heavy atom. The van der Waals surface area contributed by atoms with Gasteiger partial charge in [0.2, 0.25) is 0 Å². The van der Waals surface area contributed by atoms with E-state index in [-0.39, 0.29) is 17.8 Å². The van der Waals surface area contributed by atoms with Gasteiger partial charge in [0.1, 0.15) is 5.75 Å². The van der Waals surface area contributed by atoms with Crippen LogP contribution in [0.4, 0.5) is 5.69 Å². The quantitative estimate of drug-likeness (QED) is 0.896. The Balaban J connectivity index is 1.67. The zero-order chi connectivity index (χ0) is 14.1. The summed E-state index contributed by atoms with van der Waals surface area (Å²) in [6.07, 6.45) is 2.87. The fraction of sp³-hybridized carbons (Fsp3) is 0.588. The summed E-state index contributed by atoms with van der Waals surface area (Å²) in [5.74, 6) is 2.64. The van der Waals surface area contributed by atoms with Crippen LogP contribution in [0.25, 0.3) is 0 Å². The lowest BCUT2D eigenvalue weighted by Gasteiger charge is -2.34. The van der Waals surface area contributed by atoms with Gasteiger partial charge < -0.3 is 10.1 Å². The number of benzene rings is 1. The number of ketones is 1. The first-order chi connectivity index (χ1) is 9.65. The Morgan fingerprint density at radius 1 is 1.20 bits per heavy atom.